The van der Waals surface area contributed by atoms with E-state index < -0.39 is 0 Å². The van der Waals surface area contributed by atoms with Crippen molar-refractivity contribution in [3.63, 3.8) is 0 Å². The molecule has 0 aliphatic heterocycles. The highest BCUT2D eigenvalue weighted by atomic mass is 32.2. The van der Waals surface area contributed by atoms with E-state index >= 15 is 0 Å². The number of nitrogens with zero attached hydrogens (tertiary/aromatic N) is 4. The molecule has 3 heterocycles. The van der Waals surface area contributed by atoms with E-state index in [4.69, 9.17) is 0 Å². The summed E-state index contributed by atoms with van der Waals surface area (Å²) in [6.45, 7) is 2.08. The number of hydrogen-bond donors (Lipinski definition) is 0. The van der Waals surface area contributed by atoms with E-state index in [1.54, 1.807) is 23.4 Å². The first-order valence-electron chi connectivity index (χ1n) is 7.15. The summed E-state index contributed by atoms with van der Waals surface area (Å²) in [5, 5.41) is 10.4. The number of benzene rings is 1. The molecule has 4 aromatic rings. The summed E-state index contributed by atoms with van der Waals surface area (Å²) < 4.78 is 4.28. The Hall–Kier alpha value is -2.12. The van der Waals surface area contributed by atoms with Gasteiger partial charge in [0.15, 0.2) is 0 Å². The van der Waals surface area contributed by atoms with Gasteiger partial charge < -0.3 is 0 Å². The van der Waals surface area contributed by atoms with E-state index in [0.717, 1.165) is 16.0 Å². The molecule has 0 bridgehead atoms. The van der Waals surface area contributed by atoms with Crippen molar-refractivity contribution < 1.29 is 0 Å². The van der Waals surface area contributed by atoms with Crippen molar-refractivity contribution in [3.05, 3.63) is 57.5 Å². The van der Waals surface area contributed by atoms with Gasteiger partial charge in [0.05, 0.1) is 11.3 Å². The van der Waals surface area contributed by atoms with Gasteiger partial charge in [-0.15, -0.1) is 33.3 Å². The van der Waals surface area contributed by atoms with Crippen LogP contribution in [-0.2, 0) is 12.8 Å². The zero-order valence-electron chi connectivity index (χ0n) is 12.7. The number of fused-ring (bicyclic) bond motifs is 3. The minimum atomic E-state index is -0.0206. The standard InChI is InChI=1S/C16H14N4OS2/c1-10-4-3-5-11(8-10)23-9-13-17-18-16-19(2)15(21)14-12(20(13)16)6-7-22-14/h3-8H,9H2,1-2H3. The number of hydrogen-bond acceptors (Lipinski definition) is 5. The number of thiophene rings is 1. The Morgan fingerprint density at radius 2 is 2.13 bits per heavy atom. The Bertz CT molecular complexity index is 1080. The molecule has 116 valence electrons. The van der Waals surface area contributed by atoms with Gasteiger partial charge >= 0.3 is 0 Å². The predicted octanol–water partition coefficient (Wildman–Crippen LogP) is 3.24. The molecular weight excluding hydrogens is 328 g/mol. The molecule has 0 radical (unpaired) electrons. The molecule has 7 heteroatoms. The van der Waals surface area contributed by atoms with Crippen molar-refractivity contribution in [1.82, 2.24) is 19.2 Å². The van der Waals surface area contributed by atoms with E-state index in [2.05, 4.69) is 41.4 Å². The Morgan fingerprint density at radius 1 is 1.26 bits per heavy atom. The number of aryl methyl sites for hydroxylation is 2. The molecule has 3 aromatic heterocycles. The first-order valence-corrected chi connectivity index (χ1v) is 9.01. The van der Waals surface area contributed by atoms with Crippen molar-refractivity contribution in [2.24, 2.45) is 7.05 Å². The van der Waals surface area contributed by atoms with Crippen LogP contribution in [-0.4, -0.2) is 19.2 Å². The quantitative estimate of drug-likeness (QED) is 0.536. The molecule has 23 heavy (non-hydrogen) atoms. The van der Waals surface area contributed by atoms with Gasteiger partial charge in [0, 0.05) is 11.9 Å². The lowest BCUT2D eigenvalue weighted by atomic mass is 10.2. The predicted molar refractivity (Wildman–Crippen MR) is 94.4 cm³/mol. The molecule has 1 aromatic carbocycles. The minimum Gasteiger partial charge on any atom is -0.279 e. The zero-order valence-corrected chi connectivity index (χ0v) is 14.3. The van der Waals surface area contributed by atoms with E-state index in [0.29, 0.717) is 11.5 Å². The smallest absolute Gasteiger partial charge is 0.272 e. The molecule has 0 amide bonds. The van der Waals surface area contributed by atoms with Crippen molar-refractivity contribution in [2.45, 2.75) is 17.6 Å². The normalized spacial score (nSPS) is 11.6. The lowest BCUT2D eigenvalue weighted by molar-refractivity contribution is 0.860. The van der Waals surface area contributed by atoms with E-state index in [1.807, 2.05) is 15.8 Å². The fraction of sp³-hybridized carbons (Fsp3) is 0.188. The van der Waals surface area contributed by atoms with Crippen LogP contribution in [0.3, 0.4) is 0 Å². The highest BCUT2D eigenvalue weighted by molar-refractivity contribution is 7.98. The first-order chi connectivity index (χ1) is 11.1. The number of aromatic nitrogens is 4. The van der Waals surface area contributed by atoms with Crippen molar-refractivity contribution >= 4 is 39.1 Å². The molecule has 4 rings (SSSR count). The zero-order chi connectivity index (χ0) is 16.0. The topological polar surface area (TPSA) is 52.2 Å². The molecule has 0 aliphatic carbocycles. The fourth-order valence-corrected chi connectivity index (χ4v) is 4.38. The van der Waals surface area contributed by atoms with Gasteiger partial charge in [-0.05, 0) is 30.5 Å². The van der Waals surface area contributed by atoms with E-state index in [-0.39, 0.29) is 5.56 Å². The third-order valence-electron chi connectivity index (χ3n) is 3.75. The minimum absolute atomic E-state index is 0.0206. The maximum absolute atomic E-state index is 12.3. The van der Waals surface area contributed by atoms with Crippen LogP contribution in [0.4, 0.5) is 0 Å². The van der Waals surface area contributed by atoms with E-state index in [9.17, 15) is 4.79 Å². The van der Waals surface area contributed by atoms with Gasteiger partial charge in [-0.2, -0.15) is 0 Å². The molecule has 0 fully saturated rings. The van der Waals surface area contributed by atoms with Crippen LogP contribution in [0.1, 0.15) is 11.4 Å². The second kappa shape index (κ2) is 5.50. The number of thioether (sulfide) groups is 1. The van der Waals surface area contributed by atoms with Crippen LogP contribution in [0.15, 0.2) is 45.4 Å². The molecule has 0 unspecified atom stereocenters. The molecule has 0 saturated heterocycles. The first kappa shape index (κ1) is 14.5. The van der Waals surface area contributed by atoms with Gasteiger partial charge in [0.2, 0.25) is 5.78 Å². The Kier molecular flexibility index (Phi) is 3.46. The van der Waals surface area contributed by atoms with Gasteiger partial charge in [-0.1, -0.05) is 17.7 Å². The third-order valence-corrected chi connectivity index (χ3v) is 5.64. The summed E-state index contributed by atoms with van der Waals surface area (Å²) in [6, 6.07) is 10.3. The average molecular weight is 342 g/mol. The molecule has 0 spiro atoms. The fourth-order valence-electron chi connectivity index (χ4n) is 2.60. The van der Waals surface area contributed by atoms with Crippen molar-refractivity contribution in [3.8, 4) is 0 Å². The number of rotatable bonds is 3. The van der Waals surface area contributed by atoms with E-state index in [1.165, 1.54) is 21.8 Å². The third kappa shape index (κ3) is 2.36. The molecular formula is C16H14N4OS2. The van der Waals surface area contributed by atoms with Crippen LogP contribution in [0.5, 0.6) is 0 Å². The maximum atomic E-state index is 12.3. The summed E-state index contributed by atoms with van der Waals surface area (Å²) in [7, 11) is 1.74. The summed E-state index contributed by atoms with van der Waals surface area (Å²) in [4.78, 5) is 13.5. The summed E-state index contributed by atoms with van der Waals surface area (Å²) >= 11 is 3.18. The molecule has 0 atom stereocenters. The highest BCUT2D eigenvalue weighted by Gasteiger charge is 2.15. The monoisotopic (exact) mass is 342 g/mol. The Morgan fingerprint density at radius 3 is 2.96 bits per heavy atom. The van der Waals surface area contributed by atoms with Crippen LogP contribution < -0.4 is 5.56 Å². The largest absolute Gasteiger partial charge is 0.279 e. The van der Waals surface area contributed by atoms with Gasteiger partial charge in [-0.25, -0.2) is 0 Å². The molecule has 5 nitrogen and oxygen atoms in total. The highest BCUT2D eigenvalue weighted by Crippen LogP contribution is 2.25. The summed E-state index contributed by atoms with van der Waals surface area (Å²) in [5.41, 5.74) is 2.11. The molecule has 0 aliphatic rings. The summed E-state index contributed by atoms with van der Waals surface area (Å²) in [5.74, 6) is 2.14. The second-order valence-electron chi connectivity index (χ2n) is 5.36. The average Bonchev–Trinajstić information content (AvgIpc) is 3.17. The lowest BCUT2D eigenvalue weighted by Gasteiger charge is -2.05. The van der Waals surface area contributed by atoms with Gasteiger partial charge in [0.1, 0.15) is 10.5 Å². The second-order valence-corrected chi connectivity index (χ2v) is 7.32. The van der Waals surface area contributed by atoms with Crippen LogP contribution in [0, 0.1) is 6.92 Å². The van der Waals surface area contributed by atoms with Crippen LogP contribution in [0.2, 0.25) is 0 Å². The SMILES string of the molecule is Cc1cccc(SCc2nnc3n(C)c(=O)c4sccc4n23)c1. The molecule has 0 N–H and O–H groups in total. The van der Waals surface area contributed by atoms with Crippen LogP contribution >= 0.6 is 23.1 Å². The van der Waals surface area contributed by atoms with Crippen molar-refractivity contribution in [2.75, 3.05) is 0 Å². The summed E-state index contributed by atoms with van der Waals surface area (Å²) in [6.07, 6.45) is 0. The van der Waals surface area contributed by atoms with Gasteiger partial charge in [-0.3, -0.25) is 13.8 Å². The van der Waals surface area contributed by atoms with Gasteiger partial charge in [0.25, 0.3) is 5.56 Å². The lowest BCUT2D eigenvalue weighted by Crippen LogP contribution is -2.19. The Labute approximate surface area is 140 Å². The van der Waals surface area contributed by atoms with Crippen LogP contribution in [0.25, 0.3) is 16.0 Å². The Balaban J connectivity index is 1.80. The maximum Gasteiger partial charge on any atom is 0.272 e. The van der Waals surface area contributed by atoms with Crippen molar-refractivity contribution in [1.29, 1.82) is 0 Å². The molecule has 0 saturated carbocycles.